The number of nitrogens with one attached hydrogen (secondary N) is 1. The van der Waals surface area contributed by atoms with Crippen LogP contribution in [0.2, 0.25) is 0 Å². The zero-order chi connectivity index (χ0) is 20.6. The molecular weight excluding hydrogens is 364 g/mol. The van der Waals surface area contributed by atoms with Gasteiger partial charge in [0.1, 0.15) is 0 Å². The van der Waals surface area contributed by atoms with Gasteiger partial charge in [-0.2, -0.15) is 0 Å². The highest BCUT2D eigenvalue weighted by molar-refractivity contribution is 5.82. The molecule has 1 unspecified atom stereocenters. The van der Waals surface area contributed by atoms with Crippen LogP contribution in [0.3, 0.4) is 0 Å². The number of ether oxygens (including phenoxy) is 1. The molecule has 1 saturated heterocycles. The van der Waals surface area contributed by atoms with E-state index in [1.807, 2.05) is 74.5 Å². The standard InChI is InChI=1S/C24H30N2O3/c1-3-29-24(28)21-14-16-26(17-15-21)18(2)23(27)25-22(19-10-6-4-7-11-19)20-12-8-5-9-13-20/h4-13,18,21-22H,3,14-17H2,1-2H3,(H,25,27). The first-order valence-corrected chi connectivity index (χ1v) is 10.4. The summed E-state index contributed by atoms with van der Waals surface area (Å²) in [6.45, 7) is 5.62. The lowest BCUT2D eigenvalue weighted by atomic mass is 9.95. The number of carbonyl (C=O) groups is 2. The fourth-order valence-corrected chi connectivity index (χ4v) is 3.86. The molecule has 1 aliphatic heterocycles. The first-order chi connectivity index (χ1) is 14.1. The Morgan fingerprint density at radius 1 is 1.00 bits per heavy atom. The zero-order valence-electron chi connectivity index (χ0n) is 17.2. The Balaban J connectivity index is 1.65. The van der Waals surface area contributed by atoms with Crippen molar-refractivity contribution in [1.29, 1.82) is 0 Å². The van der Waals surface area contributed by atoms with E-state index >= 15 is 0 Å². The van der Waals surface area contributed by atoms with Crippen molar-refractivity contribution in [3.63, 3.8) is 0 Å². The molecule has 1 atom stereocenters. The van der Waals surface area contributed by atoms with Gasteiger partial charge in [-0.25, -0.2) is 0 Å². The maximum absolute atomic E-state index is 13.1. The Labute approximate surface area is 173 Å². The predicted molar refractivity (Wildman–Crippen MR) is 113 cm³/mol. The topological polar surface area (TPSA) is 58.6 Å². The molecule has 1 N–H and O–H groups in total. The van der Waals surface area contributed by atoms with Crippen LogP contribution in [-0.4, -0.2) is 42.5 Å². The van der Waals surface area contributed by atoms with E-state index in [1.165, 1.54) is 0 Å². The fraction of sp³-hybridized carbons (Fsp3) is 0.417. The van der Waals surface area contributed by atoms with E-state index in [1.54, 1.807) is 0 Å². The van der Waals surface area contributed by atoms with E-state index in [2.05, 4.69) is 10.2 Å². The second kappa shape index (κ2) is 10.2. The van der Waals surface area contributed by atoms with Crippen molar-refractivity contribution in [3.05, 3.63) is 71.8 Å². The normalized spacial score (nSPS) is 16.4. The number of carbonyl (C=O) groups excluding carboxylic acids is 2. The highest BCUT2D eigenvalue weighted by atomic mass is 16.5. The van der Waals surface area contributed by atoms with Crippen molar-refractivity contribution in [2.75, 3.05) is 19.7 Å². The van der Waals surface area contributed by atoms with Gasteiger partial charge >= 0.3 is 5.97 Å². The van der Waals surface area contributed by atoms with Crippen molar-refractivity contribution < 1.29 is 14.3 Å². The van der Waals surface area contributed by atoms with Gasteiger partial charge in [0.2, 0.25) is 5.91 Å². The van der Waals surface area contributed by atoms with E-state index in [0.29, 0.717) is 6.61 Å². The molecule has 1 heterocycles. The Bertz CT molecular complexity index is 747. The van der Waals surface area contributed by atoms with Crippen molar-refractivity contribution in [2.24, 2.45) is 5.92 Å². The van der Waals surface area contributed by atoms with Crippen LogP contribution in [0.15, 0.2) is 60.7 Å². The van der Waals surface area contributed by atoms with E-state index in [4.69, 9.17) is 4.74 Å². The van der Waals surface area contributed by atoms with Crippen LogP contribution in [0.4, 0.5) is 0 Å². The maximum atomic E-state index is 13.1. The van der Waals surface area contributed by atoms with Gasteiger partial charge in [0.25, 0.3) is 0 Å². The van der Waals surface area contributed by atoms with Gasteiger partial charge in [0, 0.05) is 0 Å². The second-order valence-corrected chi connectivity index (χ2v) is 7.50. The molecule has 29 heavy (non-hydrogen) atoms. The summed E-state index contributed by atoms with van der Waals surface area (Å²) in [7, 11) is 0. The molecule has 0 aromatic heterocycles. The summed E-state index contributed by atoms with van der Waals surface area (Å²) in [6, 6.07) is 19.6. The van der Waals surface area contributed by atoms with Crippen molar-refractivity contribution in [1.82, 2.24) is 10.2 Å². The minimum atomic E-state index is -0.256. The van der Waals surface area contributed by atoms with E-state index in [0.717, 1.165) is 37.1 Å². The van der Waals surface area contributed by atoms with Gasteiger partial charge in [0.15, 0.2) is 0 Å². The molecule has 1 amide bonds. The molecule has 1 fully saturated rings. The number of nitrogens with zero attached hydrogens (tertiary/aromatic N) is 1. The number of esters is 1. The molecule has 1 aliphatic rings. The largest absolute Gasteiger partial charge is 0.466 e. The summed E-state index contributed by atoms with van der Waals surface area (Å²) in [5, 5.41) is 3.23. The maximum Gasteiger partial charge on any atom is 0.309 e. The van der Waals surface area contributed by atoms with Crippen LogP contribution in [-0.2, 0) is 14.3 Å². The Hall–Kier alpha value is -2.66. The smallest absolute Gasteiger partial charge is 0.309 e. The highest BCUT2D eigenvalue weighted by Crippen LogP contribution is 2.24. The Morgan fingerprint density at radius 2 is 1.52 bits per heavy atom. The minimum absolute atomic E-state index is 0.00251. The van der Waals surface area contributed by atoms with Gasteiger partial charge in [-0.15, -0.1) is 0 Å². The van der Waals surface area contributed by atoms with Gasteiger partial charge in [-0.3, -0.25) is 14.5 Å². The number of hydrogen-bond donors (Lipinski definition) is 1. The molecule has 2 aromatic carbocycles. The number of likely N-dealkylation sites (tertiary alicyclic amines) is 1. The monoisotopic (exact) mass is 394 g/mol. The summed E-state index contributed by atoms with van der Waals surface area (Å²) in [5.41, 5.74) is 2.11. The number of benzene rings is 2. The molecule has 0 spiro atoms. The lowest BCUT2D eigenvalue weighted by Crippen LogP contribution is -2.49. The summed E-state index contributed by atoms with van der Waals surface area (Å²) in [5.74, 6) is -0.169. The SMILES string of the molecule is CCOC(=O)C1CCN(C(C)C(=O)NC(c2ccccc2)c2ccccc2)CC1. The van der Waals surface area contributed by atoms with Crippen LogP contribution >= 0.6 is 0 Å². The average molecular weight is 395 g/mol. The predicted octanol–water partition coefficient (Wildman–Crippen LogP) is 3.56. The number of amides is 1. The second-order valence-electron chi connectivity index (χ2n) is 7.50. The number of rotatable bonds is 7. The highest BCUT2D eigenvalue weighted by Gasteiger charge is 2.31. The van der Waals surface area contributed by atoms with Crippen LogP contribution in [0.5, 0.6) is 0 Å². The van der Waals surface area contributed by atoms with Crippen molar-refractivity contribution in [3.8, 4) is 0 Å². The number of piperidine rings is 1. The van der Waals surface area contributed by atoms with E-state index < -0.39 is 0 Å². The van der Waals surface area contributed by atoms with Gasteiger partial charge in [0.05, 0.1) is 24.6 Å². The molecular formula is C24H30N2O3. The molecule has 0 saturated carbocycles. The lowest BCUT2D eigenvalue weighted by Gasteiger charge is -2.35. The molecule has 0 radical (unpaired) electrons. The van der Waals surface area contributed by atoms with Crippen LogP contribution in [0, 0.1) is 5.92 Å². The fourth-order valence-electron chi connectivity index (χ4n) is 3.86. The van der Waals surface area contributed by atoms with Crippen molar-refractivity contribution >= 4 is 11.9 Å². The van der Waals surface area contributed by atoms with E-state index in [-0.39, 0.29) is 29.9 Å². The van der Waals surface area contributed by atoms with Crippen molar-refractivity contribution in [2.45, 2.75) is 38.8 Å². The average Bonchev–Trinajstić information content (AvgIpc) is 2.78. The molecule has 0 bridgehead atoms. The third-order valence-corrected chi connectivity index (χ3v) is 5.63. The molecule has 5 heteroatoms. The third-order valence-electron chi connectivity index (χ3n) is 5.63. The lowest BCUT2D eigenvalue weighted by molar-refractivity contribution is -0.149. The first kappa shape index (κ1) is 21.1. The van der Waals surface area contributed by atoms with Gasteiger partial charge in [-0.1, -0.05) is 60.7 Å². The first-order valence-electron chi connectivity index (χ1n) is 10.4. The third kappa shape index (κ3) is 5.45. The van der Waals surface area contributed by atoms with Crippen LogP contribution in [0.25, 0.3) is 0 Å². The summed E-state index contributed by atoms with van der Waals surface area (Å²) in [6.07, 6.45) is 1.47. The van der Waals surface area contributed by atoms with Crippen LogP contribution < -0.4 is 5.32 Å². The molecule has 2 aromatic rings. The van der Waals surface area contributed by atoms with Gasteiger partial charge in [-0.05, 0) is 50.9 Å². The molecule has 0 aliphatic carbocycles. The minimum Gasteiger partial charge on any atom is -0.466 e. The quantitative estimate of drug-likeness (QED) is 0.730. The van der Waals surface area contributed by atoms with Gasteiger partial charge < -0.3 is 10.1 Å². The van der Waals surface area contributed by atoms with E-state index in [9.17, 15) is 9.59 Å². The Kier molecular flexibility index (Phi) is 7.42. The van der Waals surface area contributed by atoms with Crippen LogP contribution in [0.1, 0.15) is 43.9 Å². The molecule has 3 rings (SSSR count). The summed E-state index contributed by atoms with van der Waals surface area (Å²) >= 11 is 0. The molecule has 5 nitrogen and oxygen atoms in total. The molecule has 154 valence electrons. The summed E-state index contributed by atoms with van der Waals surface area (Å²) in [4.78, 5) is 27.2. The summed E-state index contributed by atoms with van der Waals surface area (Å²) < 4.78 is 5.14. The Morgan fingerprint density at radius 3 is 2.00 bits per heavy atom. The zero-order valence-corrected chi connectivity index (χ0v) is 17.2. The number of hydrogen-bond acceptors (Lipinski definition) is 4.